The second-order valence-electron chi connectivity index (χ2n) is 7.81. The molecule has 3 aromatic rings. The Labute approximate surface area is 193 Å². The summed E-state index contributed by atoms with van der Waals surface area (Å²) >= 11 is 2.85. The van der Waals surface area contributed by atoms with Gasteiger partial charge in [-0.15, -0.1) is 22.7 Å². The summed E-state index contributed by atoms with van der Waals surface area (Å²) in [6.45, 7) is 6.95. The van der Waals surface area contributed by atoms with Crippen molar-refractivity contribution in [2.75, 3.05) is 6.61 Å². The molecule has 0 spiro atoms. The van der Waals surface area contributed by atoms with Gasteiger partial charge in [-0.3, -0.25) is 15.0 Å². The van der Waals surface area contributed by atoms with Crippen molar-refractivity contribution in [3.63, 3.8) is 0 Å². The van der Waals surface area contributed by atoms with Gasteiger partial charge in [0.15, 0.2) is 12.4 Å². The molecular formula is C22H23N3O5S2. The molecule has 0 aliphatic rings. The largest absolute Gasteiger partial charge is 0.482 e. The highest BCUT2D eigenvalue weighted by Crippen LogP contribution is 2.36. The zero-order chi connectivity index (χ0) is 23.5. The maximum absolute atomic E-state index is 11.4. The average Bonchev–Trinajstić information content (AvgIpc) is 3.36. The normalized spacial score (nSPS) is 11.2. The first kappa shape index (κ1) is 23.6. The zero-order valence-electron chi connectivity index (χ0n) is 18.0. The molecule has 3 rings (SSSR count). The molecule has 0 aliphatic carbocycles. The first-order chi connectivity index (χ1) is 15.1. The number of nitrogens with one attached hydrogen (secondary N) is 1. The number of rotatable bonds is 8. The Morgan fingerprint density at radius 1 is 1.31 bits per heavy atom. The van der Waals surface area contributed by atoms with Crippen LogP contribution in [0.5, 0.6) is 5.75 Å². The molecule has 0 fully saturated rings. The van der Waals surface area contributed by atoms with Crippen LogP contribution in [0.4, 0.5) is 0 Å². The van der Waals surface area contributed by atoms with Crippen molar-refractivity contribution in [3.05, 3.63) is 45.5 Å². The number of hydrogen-bond acceptors (Lipinski definition) is 8. The average molecular weight is 474 g/mol. The quantitative estimate of drug-likeness (QED) is 0.210. The molecule has 0 saturated heterocycles. The van der Waals surface area contributed by atoms with Crippen molar-refractivity contribution in [3.8, 4) is 27.6 Å². The first-order valence-electron chi connectivity index (χ1n) is 9.61. The molecule has 0 saturated carbocycles. The summed E-state index contributed by atoms with van der Waals surface area (Å²) in [6.07, 6.45) is 0.489. The molecule has 1 aromatic carbocycles. The molecule has 0 unspecified atom stereocenters. The summed E-state index contributed by atoms with van der Waals surface area (Å²) in [6, 6.07) is 8.93. The first-order valence-corrected chi connectivity index (χ1v) is 11.3. The molecule has 1 amide bonds. The number of amides is 1. The third-order valence-corrected chi connectivity index (χ3v) is 6.00. The fourth-order valence-corrected chi connectivity index (χ4v) is 4.68. The number of thiazole rings is 1. The fraction of sp³-hybridized carbons (Fsp3) is 0.273. The highest BCUT2D eigenvalue weighted by atomic mass is 32.1. The Kier molecular flexibility index (Phi) is 7.07. The molecule has 32 heavy (non-hydrogen) atoms. The van der Waals surface area contributed by atoms with E-state index < -0.39 is 18.2 Å². The summed E-state index contributed by atoms with van der Waals surface area (Å²) in [4.78, 5) is 34.0. The minimum Gasteiger partial charge on any atom is -0.482 e. The van der Waals surface area contributed by atoms with Crippen molar-refractivity contribution >= 4 is 40.9 Å². The number of hydrogen-bond donors (Lipinski definition) is 2. The highest BCUT2D eigenvalue weighted by Gasteiger charge is 2.23. The minimum absolute atomic E-state index is 0.0330. The predicted molar refractivity (Wildman–Crippen MR) is 124 cm³/mol. The molecule has 0 atom stereocenters. The number of aromatic nitrogens is 1. The van der Waals surface area contributed by atoms with Crippen LogP contribution in [0.1, 0.15) is 30.5 Å². The molecule has 2 aromatic heterocycles. The maximum Gasteiger partial charge on any atom is 0.341 e. The van der Waals surface area contributed by atoms with Crippen molar-refractivity contribution in [1.29, 1.82) is 5.41 Å². The summed E-state index contributed by atoms with van der Waals surface area (Å²) in [5.74, 6) is -0.620. The van der Waals surface area contributed by atoms with E-state index in [0.717, 1.165) is 31.8 Å². The number of aliphatic carboxylic acids is 1. The summed E-state index contributed by atoms with van der Waals surface area (Å²) < 4.78 is 5.25. The van der Waals surface area contributed by atoms with Crippen molar-refractivity contribution in [2.24, 2.45) is 0 Å². The fourth-order valence-electron chi connectivity index (χ4n) is 2.75. The van der Waals surface area contributed by atoms with Crippen molar-refractivity contribution in [1.82, 2.24) is 10.0 Å². The molecular weight excluding hydrogens is 450 g/mol. The topological polar surface area (TPSA) is 113 Å². The lowest BCUT2D eigenvalue weighted by Gasteiger charge is -2.26. The molecule has 10 heteroatoms. The molecule has 8 nitrogen and oxygen atoms in total. The Bertz CT molecular complexity index is 1150. The SMILES string of the molecule is Cc1sc(C(=N)N(C=O)OC(C)(C)C)cc1-c1nc(-c2cccc(OCC(=O)O)c2)cs1. The Morgan fingerprint density at radius 2 is 2.06 bits per heavy atom. The molecule has 0 aliphatic heterocycles. The lowest BCUT2D eigenvalue weighted by Crippen LogP contribution is -2.37. The number of carboxylic acid groups (broad SMARTS) is 1. The van der Waals surface area contributed by atoms with E-state index in [0.29, 0.717) is 17.0 Å². The third-order valence-electron chi connectivity index (χ3n) is 4.07. The number of hydroxylamine groups is 2. The summed E-state index contributed by atoms with van der Waals surface area (Å²) in [5.41, 5.74) is 1.81. The molecule has 0 bridgehead atoms. The van der Waals surface area contributed by atoms with Gasteiger partial charge in [-0.25, -0.2) is 9.78 Å². The second kappa shape index (κ2) is 9.60. The van der Waals surface area contributed by atoms with Crippen LogP contribution in [0.25, 0.3) is 21.8 Å². The van der Waals surface area contributed by atoms with E-state index in [1.165, 1.54) is 22.7 Å². The number of carbonyl (C=O) groups excluding carboxylic acids is 1. The monoisotopic (exact) mass is 473 g/mol. The van der Waals surface area contributed by atoms with Crippen LogP contribution < -0.4 is 4.74 Å². The number of ether oxygens (including phenoxy) is 1. The van der Waals surface area contributed by atoms with E-state index in [4.69, 9.17) is 25.1 Å². The standard InChI is InChI=1S/C22H23N3O5S2/c1-13-16(9-18(32-13)20(23)25(12-26)30-22(2,3)4)21-24-17(11-31-21)14-6-5-7-15(8-14)29-10-19(27)28/h5-9,11-12,23H,10H2,1-4H3,(H,27,28). The van der Waals surface area contributed by atoms with E-state index in [1.807, 2.05) is 24.4 Å². The summed E-state index contributed by atoms with van der Waals surface area (Å²) in [5, 5.41) is 20.8. The lowest BCUT2D eigenvalue weighted by molar-refractivity contribution is -0.183. The van der Waals surface area contributed by atoms with Crippen LogP contribution in [-0.4, -0.2) is 45.6 Å². The van der Waals surface area contributed by atoms with E-state index in [9.17, 15) is 9.59 Å². The molecule has 2 heterocycles. The van der Waals surface area contributed by atoms with Gasteiger partial charge in [0.2, 0.25) is 6.41 Å². The Morgan fingerprint density at radius 3 is 2.72 bits per heavy atom. The van der Waals surface area contributed by atoms with E-state index >= 15 is 0 Å². The number of benzene rings is 1. The van der Waals surface area contributed by atoms with Crippen LogP contribution in [0.2, 0.25) is 0 Å². The van der Waals surface area contributed by atoms with E-state index in [1.54, 1.807) is 39.0 Å². The number of amidine groups is 1. The van der Waals surface area contributed by atoms with Crippen LogP contribution in [0, 0.1) is 12.3 Å². The minimum atomic E-state index is -1.04. The molecule has 0 radical (unpaired) electrons. The lowest BCUT2D eigenvalue weighted by atomic mass is 10.1. The van der Waals surface area contributed by atoms with Gasteiger partial charge in [0.1, 0.15) is 10.8 Å². The maximum atomic E-state index is 11.4. The van der Waals surface area contributed by atoms with Gasteiger partial charge >= 0.3 is 5.97 Å². The van der Waals surface area contributed by atoms with Crippen LogP contribution in [-0.2, 0) is 14.4 Å². The zero-order valence-corrected chi connectivity index (χ0v) is 19.7. The van der Waals surface area contributed by atoms with Crippen LogP contribution in [0.15, 0.2) is 35.7 Å². The number of aryl methyl sites for hydroxylation is 1. The highest BCUT2D eigenvalue weighted by molar-refractivity contribution is 7.16. The van der Waals surface area contributed by atoms with Crippen LogP contribution >= 0.6 is 22.7 Å². The van der Waals surface area contributed by atoms with Gasteiger partial charge in [-0.05, 0) is 45.9 Å². The van der Waals surface area contributed by atoms with E-state index in [-0.39, 0.29) is 5.84 Å². The molecule has 168 valence electrons. The Balaban J connectivity index is 1.83. The number of carboxylic acids is 1. The van der Waals surface area contributed by atoms with Gasteiger partial charge in [0.25, 0.3) is 0 Å². The van der Waals surface area contributed by atoms with Crippen LogP contribution in [0.3, 0.4) is 0 Å². The number of thiophene rings is 1. The van der Waals surface area contributed by atoms with Gasteiger partial charge in [0, 0.05) is 21.4 Å². The van der Waals surface area contributed by atoms with Crippen molar-refractivity contribution < 1.29 is 24.3 Å². The van der Waals surface area contributed by atoms with E-state index in [2.05, 4.69) is 0 Å². The number of carbonyl (C=O) groups is 2. The van der Waals surface area contributed by atoms with Gasteiger partial charge in [-0.1, -0.05) is 12.1 Å². The predicted octanol–water partition coefficient (Wildman–Crippen LogP) is 4.82. The molecule has 2 N–H and O–H groups in total. The van der Waals surface area contributed by atoms with Gasteiger partial charge in [-0.2, -0.15) is 5.06 Å². The van der Waals surface area contributed by atoms with Gasteiger partial charge in [0.05, 0.1) is 16.2 Å². The third kappa shape index (κ3) is 5.78. The van der Waals surface area contributed by atoms with Crippen molar-refractivity contribution in [2.45, 2.75) is 33.3 Å². The smallest absolute Gasteiger partial charge is 0.341 e. The Hall–Kier alpha value is -3.08. The van der Waals surface area contributed by atoms with Gasteiger partial charge < -0.3 is 9.84 Å². The summed E-state index contributed by atoms with van der Waals surface area (Å²) in [7, 11) is 0. The second-order valence-corrected chi connectivity index (χ2v) is 9.93. The number of nitrogens with zero attached hydrogens (tertiary/aromatic N) is 2.